The van der Waals surface area contributed by atoms with Crippen molar-refractivity contribution in [2.24, 2.45) is 0 Å². The molecule has 0 bridgehead atoms. The van der Waals surface area contributed by atoms with Crippen LogP contribution < -0.4 is 4.80 Å². The van der Waals surface area contributed by atoms with Gasteiger partial charge >= 0.3 is 5.82 Å². The first-order valence-corrected chi connectivity index (χ1v) is 8.44. The molecular weight excluding hydrogens is 355 g/mol. The van der Waals surface area contributed by atoms with Crippen molar-refractivity contribution < 1.29 is 4.80 Å². The second kappa shape index (κ2) is 6.67. The van der Waals surface area contributed by atoms with E-state index in [4.69, 9.17) is 23.2 Å². The Morgan fingerprint density at radius 1 is 0.800 bits per heavy atom. The average molecular weight is 368 g/mol. The number of benzene rings is 3. The molecule has 0 N–H and O–H groups in total. The van der Waals surface area contributed by atoms with Crippen LogP contribution in [0, 0.1) is 0 Å². The first-order valence-electron chi connectivity index (χ1n) is 7.68. The van der Waals surface area contributed by atoms with Crippen molar-refractivity contribution in [1.82, 2.24) is 15.0 Å². The molecule has 1 heterocycles. The van der Waals surface area contributed by atoms with E-state index in [2.05, 4.69) is 10.2 Å². The molecule has 4 rings (SSSR count). The van der Waals surface area contributed by atoms with Gasteiger partial charge in [0.05, 0.1) is 15.7 Å². The molecule has 25 heavy (non-hydrogen) atoms. The molecule has 0 aliphatic rings. The predicted molar refractivity (Wildman–Crippen MR) is 98.3 cm³/mol. The summed E-state index contributed by atoms with van der Waals surface area (Å²) in [6.07, 6.45) is 0. The van der Waals surface area contributed by atoms with Gasteiger partial charge in [-0.1, -0.05) is 59.6 Å². The van der Waals surface area contributed by atoms with E-state index in [1.165, 1.54) is 0 Å². The fourth-order valence-corrected chi connectivity index (χ4v) is 2.87. The Labute approximate surface area is 154 Å². The Morgan fingerprint density at radius 2 is 1.48 bits per heavy atom. The van der Waals surface area contributed by atoms with E-state index in [0.717, 1.165) is 11.3 Å². The van der Waals surface area contributed by atoms with E-state index in [1.54, 1.807) is 27.8 Å². The van der Waals surface area contributed by atoms with E-state index in [9.17, 15) is 0 Å². The van der Waals surface area contributed by atoms with Gasteiger partial charge in [-0.05, 0) is 46.3 Å². The minimum absolute atomic E-state index is 0.540. The summed E-state index contributed by atoms with van der Waals surface area (Å²) in [7, 11) is 0. The largest absolute Gasteiger partial charge is 0.340 e. The molecule has 0 aliphatic heterocycles. The maximum atomic E-state index is 6.38. The zero-order valence-electron chi connectivity index (χ0n) is 13.1. The molecule has 6 heteroatoms. The molecule has 0 radical (unpaired) electrons. The second-order valence-electron chi connectivity index (χ2n) is 5.40. The molecule has 0 atom stereocenters. The molecule has 3 aromatic carbocycles. The fourth-order valence-electron chi connectivity index (χ4n) is 2.51. The SMILES string of the molecule is Clc1ccc(Cl)c(-[n+]2nc(-c3ccccc3)nn2-c2ccccc2)c1. The Kier molecular flexibility index (Phi) is 4.22. The van der Waals surface area contributed by atoms with Crippen LogP contribution in [-0.4, -0.2) is 15.0 Å². The average Bonchev–Trinajstić information content (AvgIpc) is 3.10. The highest BCUT2D eigenvalue weighted by Gasteiger charge is 2.25. The lowest BCUT2D eigenvalue weighted by atomic mass is 10.2. The zero-order chi connectivity index (χ0) is 17.2. The van der Waals surface area contributed by atoms with Gasteiger partial charge in [-0.25, -0.2) is 0 Å². The first-order chi connectivity index (χ1) is 12.2. The summed E-state index contributed by atoms with van der Waals surface area (Å²) in [5.74, 6) is 0.598. The van der Waals surface area contributed by atoms with Gasteiger partial charge in [0, 0.05) is 15.9 Å². The fraction of sp³-hybridized carbons (Fsp3) is 0. The van der Waals surface area contributed by atoms with E-state index in [1.807, 2.05) is 60.7 Å². The lowest BCUT2D eigenvalue weighted by Crippen LogP contribution is -2.43. The van der Waals surface area contributed by atoms with Crippen LogP contribution in [0.25, 0.3) is 22.8 Å². The third kappa shape index (κ3) is 3.14. The van der Waals surface area contributed by atoms with E-state index >= 15 is 0 Å². The van der Waals surface area contributed by atoms with Gasteiger partial charge in [0.15, 0.2) is 5.69 Å². The van der Waals surface area contributed by atoms with Crippen molar-refractivity contribution in [2.75, 3.05) is 0 Å². The summed E-state index contributed by atoms with van der Waals surface area (Å²) in [5.41, 5.74) is 2.45. The molecule has 0 unspecified atom stereocenters. The van der Waals surface area contributed by atoms with Crippen molar-refractivity contribution >= 4 is 23.2 Å². The van der Waals surface area contributed by atoms with Gasteiger partial charge in [0.2, 0.25) is 0 Å². The first kappa shape index (κ1) is 15.8. The molecule has 0 spiro atoms. The molecule has 0 aliphatic carbocycles. The van der Waals surface area contributed by atoms with E-state index in [-0.39, 0.29) is 0 Å². The topological polar surface area (TPSA) is 34.6 Å². The van der Waals surface area contributed by atoms with Gasteiger partial charge < -0.3 is 0 Å². The number of aromatic nitrogens is 4. The molecule has 0 saturated carbocycles. The van der Waals surface area contributed by atoms with Crippen molar-refractivity contribution in [3.05, 3.63) is 88.9 Å². The Balaban J connectivity index is 1.96. The van der Waals surface area contributed by atoms with Crippen LogP contribution >= 0.6 is 23.2 Å². The predicted octanol–water partition coefficient (Wildman–Crippen LogP) is 4.52. The lowest BCUT2D eigenvalue weighted by molar-refractivity contribution is -0.734. The number of nitrogens with zero attached hydrogens (tertiary/aromatic N) is 4. The molecule has 4 nitrogen and oxygen atoms in total. The number of tetrazole rings is 1. The summed E-state index contributed by atoms with van der Waals surface area (Å²) < 4.78 is 0. The summed E-state index contributed by atoms with van der Waals surface area (Å²) in [4.78, 5) is 3.37. The van der Waals surface area contributed by atoms with E-state index in [0.29, 0.717) is 21.6 Å². The third-order valence-corrected chi connectivity index (χ3v) is 4.26. The summed E-state index contributed by atoms with van der Waals surface area (Å²) >= 11 is 12.5. The minimum atomic E-state index is 0.540. The number of hydrogen-bond acceptors (Lipinski definition) is 2. The summed E-state index contributed by atoms with van der Waals surface area (Å²) in [5, 5.41) is 10.4. The highest BCUT2D eigenvalue weighted by molar-refractivity contribution is 6.34. The molecule has 0 saturated heterocycles. The molecule has 0 fully saturated rings. The van der Waals surface area contributed by atoms with E-state index < -0.39 is 0 Å². The van der Waals surface area contributed by atoms with Crippen LogP contribution in [0.3, 0.4) is 0 Å². The molecule has 4 aromatic rings. The third-order valence-electron chi connectivity index (χ3n) is 3.70. The van der Waals surface area contributed by atoms with Crippen molar-refractivity contribution in [1.29, 1.82) is 0 Å². The molecular formula is C19H13Cl2N4+. The number of para-hydroxylation sites is 1. The van der Waals surface area contributed by atoms with Crippen LogP contribution in [0.4, 0.5) is 0 Å². The molecule has 0 amide bonds. The quantitative estimate of drug-likeness (QED) is 0.499. The van der Waals surface area contributed by atoms with Crippen molar-refractivity contribution in [3.63, 3.8) is 0 Å². The molecule has 1 aromatic heterocycles. The van der Waals surface area contributed by atoms with Crippen LogP contribution in [0.2, 0.25) is 10.0 Å². The number of hydrogen-bond donors (Lipinski definition) is 0. The van der Waals surface area contributed by atoms with Gasteiger partial charge in [-0.3, -0.25) is 0 Å². The van der Waals surface area contributed by atoms with Gasteiger partial charge in [0.1, 0.15) is 5.69 Å². The van der Waals surface area contributed by atoms with Crippen LogP contribution in [-0.2, 0) is 0 Å². The van der Waals surface area contributed by atoms with Crippen LogP contribution in [0.15, 0.2) is 78.9 Å². The lowest BCUT2D eigenvalue weighted by Gasteiger charge is -2.02. The van der Waals surface area contributed by atoms with Crippen LogP contribution in [0.5, 0.6) is 0 Å². The standard InChI is InChI=1S/C19H13Cl2N4/c20-15-11-12-17(21)18(13-15)25-23-19(14-7-3-1-4-8-14)22-24(25)16-9-5-2-6-10-16/h1-13H/q+1. The zero-order valence-corrected chi connectivity index (χ0v) is 14.6. The Morgan fingerprint density at radius 3 is 2.20 bits per heavy atom. The molecule has 122 valence electrons. The highest BCUT2D eigenvalue weighted by atomic mass is 35.5. The van der Waals surface area contributed by atoms with Gasteiger partial charge in [-0.2, -0.15) is 0 Å². The Bertz CT molecular complexity index is 1010. The van der Waals surface area contributed by atoms with Crippen molar-refractivity contribution in [3.8, 4) is 22.8 Å². The maximum Gasteiger partial charge on any atom is 0.340 e. The highest BCUT2D eigenvalue weighted by Crippen LogP contribution is 2.21. The smallest absolute Gasteiger partial charge is 0.0842 e. The summed E-state index contributed by atoms with van der Waals surface area (Å²) in [6, 6.07) is 24.8. The second-order valence-corrected chi connectivity index (χ2v) is 6.24. The Hall–Kier alpha value is -2.69. The normalized spacial score (nSPS) is 10.8. The monoisotopic (exact) mass is 367 g/mol. The number of rotatable bonds is 3. The van der Waals surface area contributed by atoms with Crippen LogP contribution in [0.1, 0.15) is 0 Å². The van der Waals surface area contributed by atoms with Crippen molar-refractivity contribution in [2.45, 2.75) is 0 Å². The summed E-state index contributed by atoms with van der Waals surface area (Å²) in [6.45, 7) is 0. The minimum Gasteiger partial charge on any atom is -0.0842 e. The van der Waals surface area contributed by atoms with Gasteiger partial charge in [-0.15, -0.1) is 0 Å². The van der Waals surface area contributed by atoms with Gasteiger partial charge in [0.25, 0.3) is 0 Å². The number of halogens is 2. The maximum absolute atomic E-state index is 6.38.